The number of benzene rings is 1. The van der Waals surface area contributed by atoms with Crippen molar-refractivity contribution in [3.63, 3.8) is 0 Å². The third kappa shape index (κ3) is 2.48. The zero-order valence-corrected chi connectivity index (χ0v) is 8.88. The molecule has 3 heteroatoms. The van der Waals surface area contributed by atoms with Gasteiger partial charge in [0, 0.05) is 12.1 Å². The van der Waals surface area contributed by atoms with Crippen LogP contribution in [0.2, 0.25) is 0 Å². The lowest BCUT2D eigenvalue weighted by Gasteiger charge is -2.26. The van der Waals surface area contributed by atoms with E-state index in [0.717, 1.165) is 18.7 Å². The van der Waals surface area contributed by atoms with Gasteiger partial charge in [0.2, 0.25) is 0 Å². The Morgan fingerprint density at radius 3 is 2.67 bits per heavy atom. The van der Waals surface area contributed by atoms with Crippen LogP contribution in [0.4, 0.5) is 10.1 Å². The Morgan fingerprint density at radius 1 is 1.20 bits per heavy atom. The number of likely N-dealkylation sites (tertiary alicyclic amines) is 1. The van der Waals surface area contributed by atoms with Gasteiger partial charge in [-0.25, -0.2) is 4.39 Å². The molecule has 0 unspecified atom stereocenters. The highest BCUT2D eigenvalue weighted by molar-refractivity contribution is 5.42. The second kappa shape index (κ2) is 4.62. The first-order chi connectivity index (χ1) is 7.27. The van der Waals surface area contributed by atoms with E-state index >= 15 is 0 Å². The lowest BCUT2D eigenvalue weighted by molar-refractivity contribution is 0.218. The van der Waals surface area contributed by atoms with Crippen molar-refractivity contribution in [2.75, 3.05) is 18.8 Å². The van der Waals surface area contributed by atoms with Crippen LogP contribution in [-0.4, -0.2) is 18.0 Å². The van der Waals surface area contributed by atoms with E-state index in [0.29, 0.717) is 6.54 Å². The van der Waals surface area contributed by atoms with Crippen LogP contribution < -0.4 is 5.73 Å². The molecule has 2 rings (SSSR count). The molecule has 1 aliphatic heterocycles. The maximum absolute atomic E-state index is 13.6. The molecule has 0 amide bonds. The first kappa shape index (κ1) is 10.4. The van der Waals surface area contributed by atoms with E-state index in [9.17, 15) is 4.39 Å². The van der Waals surface area contributed by atoms with Crippen LogP contribution in [0.15, 0.2) is 18.2 Å². The molecule has 0 saturated carbocycles. The molecule has 0 bridgehead atoms. The number of anilines is 1. The van der Waals surface area contributed by atoms with Crippen molar-refractivity contribution >= 4 is 5.69 Å². The maximum atomic E-state index is 13.6. The second-order valence-corrected chi connectivity index (χ2v) is 4.16. The molecular formula is C12H17FN2. The lowest BCUT2D eigenvalue weighted by atomic mass is 10.1. The van der Waals surface area contributed by atoms with Crippen molar-refractivity contribution in [3.05, 3.63) is 29.6 Å². The molecule has 2 nitrogen and oxygen atoms in total. The number of hydrogen-bond acceptors (Lipinski definition) is 2. The fourth-order valence-corrected chi connectivity index (χ4v) is 2.08. The summed E-state index contributed by atoms with van der Waals surface area (Å²) in [6.07, 6.45) is 3.75. The summed E-state index contributed by atoms with van der Waals surface area (Å²) in [5.74, 6) is -0.247. The Balaban J connectivity index is 2.06. The predicted octanol–water partition coefficient (Wildman–Crippen LogP) is 2.39. The van der Waals surface area contributed by atoms with Crippen molar-refractivity contribution in [1.29, 1.82) is 0 Å². The number of rotatable bonds is 2. The third-order valence-electron chi connectivity index (χ3n) is 2.95. The van der Waals surface area contributed by atoms with Gasteiger partial charge in [0.15, 0.2) is 5.82 Å². The Hall–Kier alpha value is -1.09. The monoisotopic (exact) mass is 208 g/mol. The summed E-state index contributed by atoms with van der Waals surface area (Å²) in [6.45, 7) is 2.85. The largest absolute Gasteiger partial charge is 0.396 e. The summed E-state index contributed by atoms with van der Waals surface area (Å²) >= 11 is 0. The second-order valence-electron chi connectivity index (χ2n) is 4.16. The molecule has 1 saturated heterocycles. The molecular weight excluding hydrogens is 191 g/mol. The Labute approximate surface area is 89.9 Å². The molecule has 1 fully saturated rings. The molecule has 0 spiro atoms. The molecule has 2 N–H and O–H groups in total. The number of piperidine rings is 1. The minimum Gasteiger partial charge on any atom is -0.396 e. The summed E-state index contributed by atoms with van der Waals surface area (Å²) in [5, 5.41) is 0. The van der Waals surface area contributed by atoms with E-state index in [1.54, 1.807) is 6.07 Å². The van der Waals surface area contributed by atoms with Gasteiger partial charge in [-0.2, -0.15) is 0 Å². The van der Waals surface area contributed by atoms with Crippen LogP contribution in [0.25, 0.3) is 0 Å². The first-order valence-electron chi connectivity index (χ1n) is 5.52. The fourth-order valence-electron chi connectivity index (χ4n) is 2.08. The smallest absolute Gasteiger partial charge is 0.150 e. The summed E-state index contributed by atoms with van der Waals surface area (Å²) < 4.78 is 13.6. The number of halogens is 1. The van der Waals surface area contributed by atoms with Crippen molar-refractivity contribution < 1.29 is 4.39 Å². The number of hydrogen-bond donors (Lipinski definition) is 1. The summed E-state index contributed by atoms with van der Waals surface area (Å²) in [4.78, 5) is 2.29. The van der Waals surface area contributed by atoms with Crippen molar-refractivity contribution in [3.8, 4) is 0 Å². The standard InChI is InChI=1S/C12H17FN2/c13-12-10(5-4-6-11(12)14)9-15-7-2-1-3-8-15/h4-6H,1-3,7-9,14H2. The van der Waals surface area contributed by atoms with Gasteiger partial charge in [-0.1, -0.05) is 18.6 Å². The fraction of sp³-hybridized carbons (Fsp3) is 0.500. The van der Waals surface area contributed by atoms with Gasteiger partial charge >= 0.3 is 0 Å². The zero-order valence-electron chi connectivity index (χ0n) is 8.88. The van der Waals surface area contributed by atoms with Crippen molar-refractivity contribution in [1.82, 2.24) is 4.90 Å². The zero-order chi connectivity index (χ0) is 10.7. The SMILES string of the molecule is Nc1cccc(CN2CCCCC2)c1F. The van der Waals surface area contributed by atoms with Crippen LogP contribution >= 0.6 is 0 Å². The topological polar surface area (TPSA) is 29.3 Å². The maximum Gasteiger partial charge on any atom is 0.150 e. The van der Waals surface area contributed by atoms with Crippen LogP contribution in [0.5, 0.6) is 0 Å². The minimum atomic E-state index is -0.247. The minimum absolute atomic E-state index is 0.247. The molecule has 1 aromatic rings. The van der Waals surface area contributed by atoms with Gasteiger partial charge in [-0.3, -0.25) is 4.90 Å². The molecule has 1 aliphatic rings. The summed E-state index contributed by atoms with van der Waals surface area (Å²) in [6, 6.07) is 5.24. The van der Waals surface area contributed by atoms with Crippen molar-refractivity contribution in [2.24, 2.45) is 0 Å². The molecule has 0 atom stereocenters. The van der Waals surface area contributed by atoms with Gasteiger partial charge in [-0.05, 0) is 32.0 Å². The molecule has 1 aromatic carbocycles. The number of nitrogen functional groups attached to an aromatic ring is 1. The molecule has 0 aliphatic carbocycles. The quantitative estimate of drug-likeness (QED) is 0.756. The Morgan fingerprint density at radius 2 is 1.93 bits per heavy atom. The number of nitrogens with two attached hydrogens (primary N) is 1. The normalized spacial score (nSPS) is 17.9. The molecule has 0 aromatic heterocycles. The van der Waals surface area contributed by atoms with Gasteiger partial charge in [-0.15, -0.1) is 0 Å². The lowest BCUT2D eigenvalue weighted by Crippen LogP contribution is -2.29. The Kier molecular flexibility index (Phi) is 3.21. The first-order valence-corrected chi connectivity index (χ1v) is 5.52. The molecule has 15 heavy (non-hydrogen) atoms. The van der Waals surface area contributed by atoms with Crippen LogP contribution in [0.1, 0.15) is 24.8 Å². The van der Waals surface area contributed by atoms with E-state index in [-0.39, 0.29) is 11.5 Å². The van der Waals surface area contributed by atoms with Crippen LogP contribution in [0.3, 0.4) is 0 Å². The highest BCUT2D eigenvalue weighted by Crippen LogP contribution is 2.18. The molecule has 0 radical (unpaired) electrons. The van der Waals surface area contributed by atoms with Crippen LogP contribution in [-0.2, 0) is 6.54 Å². The third-order valence-corrected chi connectivity index (χ3v) is 2.95. The summed E-state index contributed by atoms with van der Waals surface area (Å²) in [7, 11) is 0. The number of nitrogens with zero attached hydrogens (tertiary/aromatic N) is 1. The van der Waals surface area contributed by atoms with Gasteiger partial charge in [0.1, 0.15) is 0 Å². The van der Waals surface area contributed by atoms with E-state index < -0.39 is 0 Å². The van der Waals surface area contributed by atoms with E-state index in [1.165, 1.54) is 19.3 Å². The average Bonchev–Trinajstić information content (AvgIpc) is 2.26. The molecule has 1 heterocycles. The van der Waals surface area contributed by atoms with E-state index in [4.69, 9.17) is 5.73 Å². The van der Waals surface area contributed by atoms with Gasteiger partial charge in [0.25, 0.3) is 0 Å². The molecule has 82 valence electrons. The van der Waals surface area contributed by atoms with Gasteiger partial charge < -0.3 is 5.73 Å². The highest BCUT2D eigenvalue weighted by atomic mass is 19.1. The van der Waals surface area contributed by atoms with E-state index in [2.05, 4.69) is 4.90 Å². The van der Waals surface area contributed by atoms with E-state index in [1.807, 2.05) is 12.1 Å². The van der Waals surface area contributed by atoms with Crippen molar-refractivity contribution in [2.45, 2.75) is 25.8 Å². The highest BCUT2D eigenvalue weighted by Gasteiger charge is 2.13. The summed E-state index contributed by atoms with van der Waals surface area (Å²) in [5.41, 5.74) is 6.51. The Bertz CT molecular complexity index is 332. The average molecular weight is 208 g/mol. The predicted molar refractivity (Wildman–Crippen MR) is 59.9 cm³/mol. The van der Waals surface area contributed by atoms with Gasteiger partial charge in [0.05, 0.1) is 5.69 Å². The van der Waals surface area contributed by atoms with Crippen LogP contribution in [0, 0.1) is 5.82 Å².